The minimum Gasteiger partial charge on any atom is -0.481 e. The normalized spacial score (nSPS) is 17.3. The molecule has 2 aliphatic heterocycles. The van der Waals surface area contributed by atoms with E-state index in [-0.39, 0.29) is 69.0 Å². The van der Waals surface area contributed by atoms with E-state index in [9.17, 15) is 29.4 Å². The molecule has 0 spiro atoms. The predicted octanol–water partition coefficient (Wildman–Crippen LogP) is 28.8. The molecule has 0 aromatic heterocycles. The van der Waals surface area contributed by atoms with Gasteiger partial charge in [-0.1, -0.05) is 434 Å². The van der Waals surface area contributed by atoms with E-state index in [4.69, 9.17) is 9.47 Å². The lowest BCUT2D eigenvalue weighted by Crippen LogP contribution is -2.45. The number of esters is 3. The molecule has 0 radical (unpaired) electrons. The number of carboxylic acids is 2. The fraction of sp³-hybridized carbons (Fsp3) is 0.862. The van der Waals surface area contributed by atoms with Crippen LogP contribution in [0, 0.1) is 71.0 Å². The van der Waals surface area contributed by atoms with Gasteiger partial charge in [0.05, 0.1) is 53.9 Å². The number of ether oxygens (including phenoxy) is 2. The number of likely N-dealkylation sites (tertiary alicyclic amines) is 1. The molecule has 2 fully saturated rings. The second-order valence-corrected chi connectivity index (χ2v) is 39.8. The molecule has 17 nitrogen and oxygen atoms in total. The Morgan fingerprint density at radius 2 is 0.754 bits per heavy atom. The first-order chi connectivity index (χ1) is 61.2. The van der Waals surface area contributed by atoms with Crippen LogP contribution in [0.4, 0.5) is 5.69 Å². The maximum Gasteiger partial charge on any atom is 0.317 e. The maximum absolute atomic E-state index is 16.3. The highest BCUT2D eigenvalue weighted by Gasteiger charge is 2.55. The quantitative estimate of drug-likeness (QED) is 0.0205. The van der Waals surface area contributed by atoms with Crippen LogP contribution < -0.4 is 15.5 Å². The van der Waals surface area contributed by atoms with Gasteiger partial charge in [-0.05, 0) is 106 Å². The molecule has 4 N–H and O–H groups in total. The number of carbonyl (C=O) groups is 9. The molecular formula is C109H194N4O13. The van der Waals surface area contributed by atoms with Crippen LogP contribution >= 0.6 is 0 Å². The summed E-state index contributed by atoms with van der Waals surface area (Å²) in [4.78, 5) is 138. The molecule has 1 aromatic carbocycles. The maximum atomic E-state index is 16.3. The summed E-state index contributed by atoms with van der Waals surface area (Å²) in [5.74, 6) is -17.1. The van der Waals surface area contributed by atoms with Gasteiger partial charge in [0.15, 0.2) is 0 Å². The highest BCUT2D eigenvalue weighted by atomic mass is 16.6. The smallest absolute Gasteiger partial charge is 0.317 e. The van der Waals surface area contributed by atoms with Crippen molar-refractivity contribution >= 4 is 59.2 Å². The molecule has 0 saturated carbocycles. The number of hydrogen-bond donors (Lipinski definition) is 4. The van der Waals surface area contributed by atoms with Gasteiger partial charge in [0.25, 0.3) is 5.91 Å². The van der Waals surface area contributed by atoms with Crippen LogP contribution in [0.25, 0.3) is 0 Å². The van der Waals surface area contributed by atoms with Crippen LogP contribution in [-0.2, 0) is 47.8 Å². The summed E-state index contributed by atoms with van der Waals surface area (Å²) in [5.41, 5.74) is 1.38. The summed E-state index contributed by atoms with van der Waals surface area (Å²) < 4.78 is 11.5. The number of unbranched alkanes of at least 4 members (excludes halogenated alkanes) is 54. The molecule has 2 heterocycles. The van der Waals surface area contributed by atoms with E-state index >= 15 is 24.0 Å². The Morgan fingerprint density at radius 3 is 1.11 bits per heavy atom. The Labute approximate surface area is 771 Å². The van der Waals surface area contributed by atoms with Crippen molar-refractivity contribution in [2.24, 2.45) is 71.0 Å². The number of hydrogen-bond acceptors (Lipinski definition) is 12. The Morgan fingerprint density at radius 1 is 0.405 bits per heavy atom. The summed E-state index contributed by atoms with van der Waals surface area (Å²) in [6.45, 7) is 17.1. The van der Waals surface area contributed by atoms with Crippen LogP contribution in [0.3, 0.4) is 0 Å². The highest BCUT2D eigenvalue weighted by Crippen LogP contribution is 2.48. The van der Waals surface area contributed by atoms with E-state index in [1.54, 1.807) is 19.1 Å². The van der Waals surface area contributed by atoms with E-state index in [0.717, 1.165) is 134 Å². The minimum atomic E-state index is -1.35. The van der Waals surface area contributed by atoms with Crippen LogP contribution in [0.15, 0.2) is 24.3 Å². The van der Waals surface area contributed by atoms with E-state index in [0.29, 0.717) is 69.9 Å². The van der Waals surface area contributed by atoms with Gasteiger partial charge in [-0.3, -0.25) is 48.1 Å². The highest BCUT2D eigenvalue weighted by molar-refractivity contribution is 6.05. The monoisotopic (exact) mass is 1770 g/mol. The van der Waals surface area contributed by atoms with Crippen LogP contribution in [0.1, 0.15) is 502 Å². The molecule has 17 heteroatoms. The van der Waals surface area contributed by atoms with Crippen molar-refractivity contribution in [1.82, 2.24) is 15.5 Å². The lowest BCUT2D eigenvalue weighted by atomic mass is 9.66. The van der Waals surface area contributed by atoms with Gasteiger partial charge in [-0.25, -0.2) is 0 Å². The number of carboxylic acid groups (broad SMARTS) is 2. The van der Waals surface area contributed by atoms with Crippen molar-refractivity contribution in [2.45, 2.75) is 492 Å². The third-order valence-electron chi connectivity index (χ3n) is 28.7. The first kappa shape index (κ1) is 115. The summed E-state index contributed by atoms with van der Waals surface area (Å²) in [5, 5.41) is 30.4. The number of anilines is 1. The van der Waals surface area contributed by atoms with E-state index in [1.165, 1.54) is 230 Å². The second-order valence-electron chi connectivity index (χ2n) is 39.8. The van der Waals surface area contributed by atoms with E-state index in [2.05, 4.69) is 45.3 Å². The van der Waals surface area contributed by atoms with Gasteiger partial charge in [0.1, 0.15) is 6.61 Å². The molecule has 0 aliphatic carbocycles. The van der Waals surface area contributed by atoms with Gasteiger partial charge in [0, 0.05) is 38.4 Å². The number of rotatable bonds is 88. The van der Waals surface area contributed by atoms with Crippen LogP contribution in [0.5, 0.6) is 0 Å². The molecular weight excluding hydrogens is 1570 g/mol. The molecule has 12 atom stereocenters. The zero-order chi connectivity index (χ0) is 92.0. The second kappa shape index (κ2) is 75.2. The third kappa shape index (κ3) is 50.3. The molecule has 3 rings (SSSR count). The molecule has 728 valence electrons. The molecule has 2 aliphatic rings. The first-order valence-electron chi connectivity index (χ1n) is 53.8. The standard InChI is InChI=1S/C109H194N4O13/c1-11-17-23-27-31-35-39-43-47-51-55-59-63-67-71-87(7)83-97(108(123)125-82-80-111-101(114)89-75-77-93(78-76-89)112(9)10)100(106(120)121)92(74-70-66-62-58-54-50-46-42-38-34-30-26-20-14-4)86-96-98(104(117)113(103(96)116)81-22-16-6)90(72-68-64-60-56-52-48-44-40-36-32-28-24-18-12-2)85-95(102(115)110-79-21-15-5)99(105(118)119)91(84-94-88(8)107(122)126-109(94)124)73-69-65-61-57-53-49-45-41-37-33-29-25-19-13-3/h75-78,87-88,90-92,94-100H,11-74,79-86H2,1-10H3,(H,110,115)(H,111,114)(H,118,119)(H,120,121). The van der Waals surface area contributed by atoms with E-state index < -0.39 is 101 Å². The molecule has 4 amide bonds. The number of imide groups is 1. The topological polar surface area (TPSA) is 243 Å². The Hall–Kier alpha value is -5.35. The predicted molar refractivity (Wildman–Crippen MR) is 521 cm³/mol. The van der Waals surface area contributed by atoms with Gasteiger partial charge < -0.3 is 35.2 Å². The molecule has 12 unspecified atom stereocenters. The fourth-order valence-electron chi connectivity index (χ4n) is 20.6. The third-order valence-corrected chi connectivity index (χ3v) is 28.7. The summed E-state index contributed by atoms with van der Waals surface area (Å²) in [7, 11) is 3.86. The van der Waals surface area contributed by atoms with Gasteiger partial charge >= 0.3 is 29.8 Å². The van der Waals surface area contributed by atoms with Crippen molar-refractivity contribution in [3.8, 4) is 0 Å². The number of carbonyl (C=O) groups excluding carboxylic acids is 7. The Bertz CT molecular complexity index is 2960. The Balaban J connectivity index is 2.28. The van der Waals surface area contributed by atoms with E-state index in [1.807, 2.05) is 45.0 Å². The summed E-state index contributed by atoms with van der Waals surface area (Å²) in [6.07, 6.45) is 69.4. The number of cyclic esters (lactones) is 2. The lowest BCUT2D eigenvalue weighted by Gasteiger charge is -2.37. The molecule has 0 bridgehead atoms. The van der Waals surface area contributed by atoms with Crippen molar-refractivity contribution in [2.75, 3.05) is 45.2 Å². The Kier molecular flexibility index (Phi) is 68.5. The van der Waals surface area contributed by atoms with Gasteiger partial charge in [-0.2, -0.15) is 0 Å². The minimum absolute atomic E-state index is 0.0112. The summed E-state index contributed by atoms with van der Waals surface area (Å²) >= 11 is 0. The molecule has 2 saturated heterocycles. The first-order valence-corrected chi connectivity index (χ1v) is 53.8. The fourth-order valence-corrected chi connectivity index (χ4v) is 20.6. The van der Waals surface area contributed by atoms with Gasteiger partial charge in [0.2, 0.25) is 17.7 Å². The lowest BCUT2D eigenvalue weighted by molar-refractivity contribution is -0.161. The van der Waals surface area contributed by atoms with Crippen LogP contribution in [0.2, 0.25) is 0 Å². The van der Waals surface area contributed by atoms with Crippen molar-refractivity contribution in [3.63, 3.8) is 0 Å². The zero-order valence-electron chi connectivity index (χ0n) is 82.9. The number of aliphatic carboxylic acids is 2. The largest absolute Gasteiger partial charge is 0.481 e. The van der Waals surface area contributed by atoms with Gasteiger partial charge in [-0.15, -0.1) is 0 Å². The average Bonchev–Trinajstić information content (AvgIpc) is 1.61. The zero-order valence-corrected chi connectivity index (χ0v) is 82.9. The number of nitrogens with one attached hydrogen (secondary N) is 2. The van der Waals surface area contributed by atoms with Crippen LogP contribution in [-0.4, -0.2) is 109 Å². The van der Waals surface area contributed by atoms with Crippen molar-refractivity contribution in [3.05, 3.63) is 29.8 Å². The average molecular weight is 1770 g/mol. The number of amides is 4. The van der Waals surface area contributed by atoms with Crippen molar-refractivity contribution < 1.29 is 62.8 Å². The molecule has 1 aromatic rings. The van der Waals surface area contributed by atoms with Crippen molar-refractivity contribution in [1.29, 1.82) is 0 Å². The number of benzene rings is 1. The summed E-state index contributed by atoms with van der Waals surface area (Å²) in [6, 6.07) is 7.23. The molecule has 126 heavy (non-hydrogen) atoms. The number of nitrogens with zero attached hydrogens (tertiary/aromatic N) is 2. The SMILES string of the molecule is CCCCCCCCCCCCCCCCC(C)CC(C(=O)OCCNC(=O)c1ccc(N(C)C)cc1)C(C(=O)O)C(CCCCCCCCCCCCCCCC)CC1C(=O)N(CCCC)C(=O)C1C(CCCCCCCCCCCCCCCC)CC(C(=O)NCCCC)C(C(=O)O)C(CCCCCCCCCCCCCCCC)CC1C(=O)OC(=O)C1C.